The van der Waals surface area contributed by atoms with Gasteiger partial charge in [0, 0.05) is 73.5 Å². The van der Waals surface area contributed by atoms with E-state index in [9.17, 15) is 0 Å². The lowest BCUT2D eigenvalue weighted by molar-refractivity contribution is 0.305. The first-order chi connectivity index (χ1) is 17.9. The molecule has 0 radical (unpaired) electrons. The van der Waals surface area contributed by atoms with Gasteiger partial charge in [0.2, 0.25) is 0 Å². The average molecular weight is 489 g/mol. The van der Waals surface area contributed by atoms with Gasteiger partial charge in [0.1, 0.15) is 0 Å². The van der Waals surface area contributed by atoms with E-state index in [0.717, 1.165) is 39.0 Å². The van der Waals surface area contributed by atoms with Crippen LogP contribution in [0.2, 0.25) is 0 Å². The molecule has 0 saturated carbocycles. The Balaban J connectivity index is 1.33. The van der Waals surface area contributed by atoms with E-state index in [1.165, 1.54) is 72.1 Å². The van der Waals surface area contributed by atoms with E-state index in [2.05, 4.69) is 109 Å². The van der Waals surface area contributed by atoms with E-state index < -0.39 is 0 Å². The van der Waals surface area contributed by atoms with Gasteiger partial charge in [-0.15, -0.1) is 0 Å². The number of rotatable bonds is 2. The van der Waals surface area contributed by atoms with Crippen LogP contribution < -0.4 is 0 Å². The summed E-state index contributed by atoms with van der Waals surface area (Å²) >= 11 is 0. The van der Waals surface area contributed by atoms with Crippen LogP contribution in [0.5, 0.6) is 0 Å². The molecule has 7 rings (SSSR count). The highest BCUT2D eigenvalue weighted by Crippen LogP contribution is 2.37. The monoisotopic (exact) mass is 488 g/mol. The molecule has 4 heteroatoms. The van der Waals surface area contributed by atoms with Gasteiger partial charge >= 0.3 is 0 Å². The van der Waals surface area contributed by atoms with Crippen molar-refractivity contribution in [2.75, 3.05) is 27.2 Å². The fraction of sp³-hybridized carbons (Fsp3) is 0.333. The van der Waals surface area contributed by atoms with E-state index in [1.807, 2.05) is 0 Å². The summed E-state index contributed by atoms with van der Waals surface area (Å²) in [5.41, 5.74) is 15.2. The third-order valence-electron chi connectivity index (χ3n) is 8.94. The second-order valence-electron chi connectivity index (χ2n) is 11.5. The van der Waals surface area contributed by atoms with Crippen molar-refractivity contribution < 1.29 is 0 Å². The van der Waals surface area contributed by atoms with Crippen LogP contribution in [-0.2, 0) is 40.0 Å². The molecular weight excluding hydrogens is 452 g/mol. The number of nitrogens with zero attached hydrogens (tertiary/aromatic N) is 4. The van der Waals surface area contributed by atoms with Gasteiger partial charge in [0.15, 0.2) is 0 Å². The molecule has 0 atom stereocenters. The molecule has 0 spiro atoms. The van der Waals surface area contributed by atoms with Crippen LogP contribution in [0.1, 0.15) is 28.1 Å². The molecule has 0 saturated heterocycles. The number of hydrogen-bond acceptors (Lipinski definition) is 2. The SMILES string of the molecule is Cc1cc(-c2ccc3c(c2)c2c(n3C)CN(C)CC2)cc(-c2ccc3c(c2)c2c(n3C)CN(C)CC2)c1. The molecule has 37 heavy (non-hydrogen) atoms. The maximum Gasteiger partial charge on any atom is 0.0483 e. The molecule has 0 unspecified atom stereocenters. The third kappa shape index (κ3) is 3.58. The van der Waals surface area contributed by atoms with Crippen LogP contribution in [0.3, 0.4) is 0 Å². The van der Waals surface area contributed by atoms with Crippen LogP contribution >= 0.6 is 0 Å². The topological polar surface area (TPSA) is 16.3 Å². The molecule has 2 aliphatic rings. The molecule has 0 bridgehead atoms. The predicted molar refractivity (Wildman–Crippen MR) is 155 cm³/mol. The Morgan fingerprint density at radius 2 is 1.00 bits per heavy atom. The summed E-state index contributed by atoms with van der Waals surface area (Å²) in [6, 6.07) is 21.2. The number of fused-ring (bicyclic) bond motifs is 6. The highest BCUT2D eigenvalue weighted by atomic mass is 15.1. The van der Waals surface area contributed by atoms with Crippen molar-refractivity contribution in [3.63, 3.8) is 0 Å². The average Bonchev–Trinajstić information content (AvgIpc) is 3.33. The van der Waals surface area contributed by atoms with Crippen LogP contribution in [0.15, 0.2) is 54.6 Å². The molecule has 0 aliphatic carbocycles. The molecule has 188 valence electrons. The Bertz CT molecular complexity index is 1580. The minimum atomic E-state index is 1.03. The largest absolute Gasteiger partial charge is 0.346 e. The third-order valence-corrected chi connectivity index (χ3v) is 8.94. The molecule has 5 aromatic rings. The van der Waals surface area contributed by atoms with Gasteiger partial charge in [-0.25, -0.2) is 0 Å². The fourth-order valence-electron chi connectivity index (χ4n) is 6.86. The summed E-state index contributed by atoms with van der Waals surface area (Å²) in [6.45, 7) is 6.56. The quantitative estimate of drug-likeness (QED) is 0.290. The maximum atomic E-state index is 2.44. The van der Waals surface area contributed by atoms with Crippen molar-refractivity contribution in [1.82, 2.24) is 18.9 Å². The molecule has 4 nitrogen and oxygen atoms in total. The summed E-state index contributed by atoms with van der Waals surface area (Å²) in [6.07, 6.45) is 2.26. The van der Waals surface area contributed by atoms with E-state index in [0.29, 0.717) is 0 Å². The van der Waals surface area contributed by atoms with Crippen molar-refractivity contribution >= 4 is 21.8 Å². The van der Waals surface area contributed by atoms with Gasteiger partial charge in [0.05, 0.1) is 0 Å². The highest BCUT2D eigenvalue weighted by Gasteiger charge is 2.22. The van der Waals surface area contributed by atoms with Crippen molar-refractivity contribution in [2.24, 2.45) is 14.1 Å². The minimum Gasteiger partial charge on any atom is -0.346 e. The molecular formula is C33H36N4. The zero-order valence-corrected chi connectivity index (χ0v) is 22.7. The zero-order chi connectivity index (χ0) is 25.4. The first kappa shape index (κ1) is 22.8. The molecule has 0 fully saturated rings. The Morgan fingerprint density at radius 3 is 1.46 bits per heavy atom. The van der Waals surface area contributed by atoms with Gasteiger partial charge in [-0.2, -0.15) is 0 Å². The Morgan fingerprint density at radius 1 is 0.541 bits per heavy atom. The first-order valence-electron chi connectivity index (χ1n) is 13.6. The van der Waals surface area contributed by atoms with E-state index >= 15 is 0 Å². The number of aromatic nitrogens is 2. The number of hydrogen-bond donors (Lipinski definition) is 0. The molecule has 3 aromatic carbocycles. The standard InChI is InChI=1S/C33H36N4/c1-21-14-24(22-6-8-30-28(17-22)26-10-12-34(2)19-32(26)36(30)4)16-25(15-21)23-7-9-31-29(18-23)27-11-13-35(3)20-33(27)37(31)5/h6-9,14-18H,10-13,19-20H2,1-5H3. The Labute approximate surface area is 219 Å². The van der Waals surface area contributed by atoms with E-state index in [-0.39, 0.29) is 0 Å². The molecule has 2 aliphatic heterocycles. The lowest BCUT2D eigenvalue weighted by Gasteiger charge is -2.23. The van der Waals surface area contributed by atoms with Crippen LogP contribution in [-0.4, -0.2) is 46.1 Å². The summed E-state index contributed by atoms with van der Waals surface area (Å²) in [4.78, 5) is 4.85. The van der Waals surface area contributed by atoms with E-state index in [4.69, 9.17) is 0 Å². The number of aryl methyl sites for hydroxylation is 3. The van der Waals surface area contributed by atoms with Gasteiger partial charge in [-0.1, -0.05) is 24.3 Å². The van der Waals surface area contributed by atoms with Gasteiger partial charge in [-0.05, 0) is 103 Å². The summed E-state index contributed by atoms with van der Waals surface area (Å²) in [5.74, 6) is 0. The van der Waals surface area contributed by atoms with E-state index in [1.54, 1.807) is 0 Å². The van der Waals surface area contributed by atoms with Crippen LogP contribution in [0.25, 0.3) is 44.1 Å². The van der Waals surface area contributed by atoms with Gasteiger partial charge in [-0.3, -0.25) is 0 Å². The summed E-state index contributed by atoms with van der Waals surface area (Å²) < 4.78 is 4.80. The van der Waals surface area contributed by atoms with Gasteiger partial charge < -0.3 is 18.9 Å². The van der Waals surface area contributed by atoms with Crippen molar-refractivity contribution in [1.29, 1.82) is 0 Å². The maximum absolute atomic E-state index is 2.44. The zero-order valence-electron chi connectivity index (χ0n) is 22.7. The first-order valence-corrected chi connectivity index (χ1v) is 13.6. The molecule has 0 N–H and O–H groups in total. The second kappa shape index (κ2) is 8.34. The molecule has 0 amide bonds. The fourth-order valence-corrected chi connectivity index (χ4v) is 6.86. The Kier molecular flexibility index (Phi) is 5.14. The van der Waals surface area contributed by atoms with Crippen LogP contribution in [0, 0.1) is 6.92 Å². The normalized spacial score (nSPS) is 16.5. The summed E-state index contributed by atoms with van der Waals surface area (Å²) in [5, 5.41) is 2.85. The number of likely N-dealkylation sites (N-methyl/N-ethyl adjacent to an activating group) is 2. The summed E-state index contributed by atoms with van der Waals surface area (Å²) in [7, 11) is 8.89. The van der Waals surface area contributed by atoms with Crippen LogP contribution in [0.4, 0.5) is 0 Å². The molecule has 4 heterocycles. The predicted octanol–water partition coefficient (Wildman–Crippen LogP) is 6.29. The smallest absolute Gasteiger partial charge is 0.0483 e. The Hall–Kier alpha value is -3.34. The van der Waals surface area contributed by atoms with Crippen molar-refractivity contribution in [2.45, 2.75) is 32.9 Å². The second-order valence-corrected chi connectivity index (χ2v) is 11.5. The minimum absolute atomic E-state index is 1.03. The van der Waals surface area contributed by atoms with Gasteiger partial charge in [0.25, 0.3) is 0 Å². The number of benzene rings is 3. The lowest BCUT2D eigenvalue weighted by atomic mass is 9.94. The molecule has 2 aromatic heterocycles. The lowest BCUT2D eigenvalue weighted by Crippen LogP contribution is -2.27. The van der Waals surface area contributed by atoms with Crippen molar-refractivity contribution in [3.05, 3.63) is 82.7 Å². The van der Waals surface area contributed by atoms with Crippen molar-refractivity contribution in [3.8, 4) is 22.3 Å². The highest BCUT2D eigenvalue weighted by molar-refractivity contribution is 5.92.